The topological polar surface area (TPSA) is 88.0 Å². The number of urea groups is 1. The molecule has 2 heterocycles. The van der Waals surface area contributed by atoms with Crippen molar-refractivity contribution >= 4 is 21.8 Å². The highest BCUT2D eigenvalue weighted by atomic mass is 32.2. The fourth-order valence-electron chi connectivity index (χ4n) is 4.34. The minimum absolute atomic E-state index is 0.0220. The molecule has 2 aliphatic heterocycles. The van der Waals surface area contributed by atoms with Gasteiger partial charge in [0.15, 0.2) is 16.5 Å². The van der Waals surface area contributed by atoms with Crippen molar-refractivity contribution in [3.63, 3.8) is 0 Å². The van der Waals surface area contributed by atoms with Gasteiger partial charge in [-0.15, -0.1) is 0 Å². The Labute approximate surface area is 143 Å². The molecule has 3 rings (SSSR count). The van der Waals surface area contributed by atoms with Gasteiger partial charge >= 0.3 is 6.03 Å². The second-order valence-electron chi connectivity index (χ2n) is 7.43. The van der Waals surface area contributed by atoms with Crippen LogP contribution in [0.25, 0.3) is 0 Å². The van der Waals surface area contributed by atoms with Crippen LogP contribution in [-0.2, 0) is 14.6 Å². The van der Waals surface area contributed by atoms with Crippen LogP contribution < -0.4 is 10.2 Å². The van der Waals surface area contributed by atoms with E-state index >= 15 is 0 Å². The first-order valence-corrected chi connectivity index (χ1v) is 10.9. The molecule has 2 N–H and O–H groups in total. The van der Waals surface area contributed by atoms with Gasteiger partial charge in [0.2, 0.25) is 0 Å². The van der Waals surface area contributed by atoms with Crippen molar-refractivity contribution in [3.8, 4) is 0 Å². The van der Waals surface area contributed by atoms with Crippen molar-refractivity contribution in [2.75, 3.05) is 24.7 Å². The van der Waals surface area contributed by atoms with E-state index in [0.29, 0.717) is 25.8 Å². The summed E-state index contributed by atoms with van der Waals surface area (Å²) in [5.41, 5.74) is -0.714. The van der Waals surface area contributed by atoms with Gasteiger partial charge in [0.05, 0.1) is 12.3 Å². The van der Waals surface area contributed by atoms with Crippen LogP contribution in [0.5, 0.6) is 0 Å². The van der Waals surface area contributed by atoms with E-state index in [-0.39, 0.29) is 36.2 Å². The largest absolute Gasteiger partial charge is 0.329 e. The van der Waals surface area contributed by atoms with E-state index < -0.39 is 15.4 Å². The molecule has 1 unspecified atom stereocenters. The Kier molecular flexibility index (Phi) is 4.88. The molecule has 3 fully saturated rings. The minimum Gasteiger partial charge on any atom is -0.323 e. The maximum Gasteiger partial charge on any atom is 0.329 e. The third-order valence-electron chi connectivity index (χ3n) is 5.83. The monoisotopic (exact) mass is 358 g/mol. The number of rotatable bonds is 4. The molecule has 0 aromatic carbocycles. The molecule has 0 aromatic rings. The number of carbonyl (C=O) groups is 2. The van der Waals surface area contributed by atoms with Gasteiger partial charge in [-0.3, -0.25) is 4.79 Å². The number of hydrogen-bond acceptors (Lipinski definition) is 4. The predicted octanol–water partition coefficient (Wildman–Crippen LogP) is -0.319. The molecule has 3 amide bonds. The Balaban J connectivity index is 1.72. The Bertz CT molecular complexity index is 611. The number of nitrogens with zero attached hydrogens (tertiary/aromatic N) is 1. The Morgan fingerprint density at radius 3 is 2.42 bits per heavy atom. The van der Waals surface area contributed by atoms with Crippen LogP contribution >= 0.6 is 0 Å². The summed E-state index contributed by atoms with van der Waals surface area (Å²) in [6.07, 6.45) is 6.19. The summed E-state index contributed by atoms with van der Waals surface area (Å²) < 4.78 is 23.5. The Morgan fingerprint density at radius 1 is 1.21 bits per heavy atom. The minimum atomic E-state index is -2.97. The molecular weight excluding hydrogens is 330 g/mol. The third-order valence-corrected chi connectivity index (χ3v) is 7.60. The van der Waals surface area contributed by atoms with Crippen LogP contribution in [0.3, 0.4) is 0 Å². The lowest BCUT2D eigenvalue weighted by Gasteiger charge is -2.28. The lowest BCUT2D eigenvalue weighted by molar-refractivity contribution is -0.927. The van der Waals surface area contributed by atoms with Crippen LogP contribution in [-0.4, -0.2) is 61.6 Å². The number of nitrogens with one attached hydrogen (secondary N) is 2. The molecule has 136 valence electrons. The molecule has 2 atom stereocenters. The highest BCUT2D eigenvalue weighted by molar-refractivity contribution is 7.91. The number of amides is 3. The zero-order valence-corrected chi connectivity index (χ0v) is 15.2. The Morgan fingerprint density at radius 2 is 1.88 bits per heavy atom. The van der Waals surface area contributed by atoms with E-state index in [9.17, 15) is 18.0 Å². The van der Waals surface area contributed by atoms with Crippen molar-refractivity contribution in [1.82, 2.24) is 10.2 Å². The van der Waals surface area contributed by atoms with E-state index in [4.69, 9.17) is 0 Å². The SMILES string of the molecule is CC[NH+](CN1C(=O)NC2(CCCCCC2)C1=O)[C@H]1CCS(=O)(=O)C1. The van der Waals surface area contributed by atoms with Gasteiger partial charge in [-0.25, -0.2) is 18.1 Å². The lowest BCUT2D eigenvalue weighted by atomic mass is 9.90. The average molecular weight is 358 g/mol. The second kappa shape index (κ2) is 6.63. The quantitative estimate of drug-likeness (QED) is 0.674. The molecule has 7 nitrogen and oxygen atoms in total. The van der Waals surface area contributed by atoms with Gasteiger partial charge in [-0.1, -0.05) is 25.7 Å². The molecular formula is C16H28N3O4S+. The molecule has 1 aliphatic carbocycles. The van der Waals surface area contributed by atoms with Crippen LogP contribution in [0.4, 0.5) is 4.79 Å². The standard InChI is InChI=1S/C16H27N3O4S/c1-2-18(13-7-10-24(22,23)11-13)12-19-14(20)16(17-15(19)21)8-5-3-4-6-9-16/h13H,2-12H2,1H3,(H,17,21)/p+1/t13-/m0/s1. The fourth-order valence-corrected chi connectivity index (χ4v) is 6.17. The predicted molar refractivity (Wildman–Crippen MR) is 89.2 cm³/mol. The summed E-state index contributed by atoms with van der Waals surface area (Å²) in [7, 11) is -2.97. The van der Waals surface area contributed by atoms with Gasteiger partial charge in [-0.05, 0) is 19.8 Å². The molecule has 0 bridgehead atoms. The molecule has 0 radical (unpaired) electrons. The maximum atomic E-state index is 13.0. The summed E-state index contributed by atoms with van der Waals surface area (Å²) in [5.74, 6) is 0.261. The second-order valence-corrected chi connectivity index (χ2v) is 9.66. The first-order valence-electron chi connectivity index (χ1n) is 9.06. The summed E-state index contributed by atoms with van der Waals surface area (Å²) in [5, 5.41) is 2.95. The maximum absolute atomic E-state index is 13.0. The Hall–Kier alpha value is -1.15. The molecule has 0 aromatic heterocycles. The number of quaternary nitrogens is 1. The smallest absolute Gasteiger partial charge is 0.323 e. The number of imide groups is 1. The van der Waals surface area contributed by atoms with Crippen molar-refractivity contribution in [1.29, 1.82) is 0 Å². The zero-order chi connectivity index (χ0) is 17.4. The number of carbonyl (C=O) groups excluding carboxylic acids is 2. The van der Waals surface area contributed by atoms with E-state index in [2.05, 4.69) is 5.32 Å². The van der Waals surface area contributed by atoms with Crippen LogP contribution in [0, 0.1) is 0 Å². The molecule has 1 saturated carbocycles. The summed E-state index contributed by atoms with van der Waals surface area (Å²) in [4.78, 5) is 27.7. The number of hydrogen-bond donors (Lipinski definition) is 2. The highest BCUT2D eigenvalue weighted by Crippen LogP contribution is 2.32. The third kappa shape index (κ3) is 3.31. The molecule has 1 spiro atoms. The van der Waals surface area contributed by atoms with Crippen molar-refractivity contribution in [3.05, 3.63) is 0 Å². The molecule has 8 heteroatoms. The van der Waals surface area contributed by atoms with Gasteiger partial charge < -0.3 is 10.2 Å². The fraction of sp³-hybridized carbons (Fsp3) is 0.875. The van der Waals surface area contributed by atoms with E-state index in [1.165, 1.54) is 4.90 Å². The normalized spacial score (nSPS) is 30.4. The van der Waals surface area contributed by atoms with E-state index in [1.54, 1.807) is 0 Å². The van der Waals surface area contributed by atoms with Gasteiger partial charge in [0, 0.05) is 6.42 Å². The summed E-state index contributed by atoms with van der Waals surface area (Å²) in [6.45, 7) is 2.94. The van der Waals surface area contributed by atoms with Crippen molar-refractivity contribution in [2.24, 2.45) is 0 Å². The van der Waals surface area contributed by atoms with Crippen LogP contribution in [0.1, 0.15) is 51.9 Å². The van der Waals surface area contributed by atoms with Crippen LogP contribution in [0.2, 0.25) is 0 Å². The highest BCUT2D eigenvalue weighted by Gasteiger charge is 2.52. The van der Waals surface area contributed by atoms with Gasteiger partial charge in [0.25, 0.3) is 5.91 Å². The molecule has 3 aliphatic rings. The number of sulfone groups is 1. The van der Waals surface area contributed by atoms with Gasteiger partial charge in [0.1, 0.15) is 17.3 Å². The first kappa shape index (κ1) is 17.7. The molecule has 24 heavy (non-hydrogen) atoms. The molecule has 2 saturated heterocycles. The summed E-state index contributed by atoms with van der Waals surface area (Å²) >= 11 is 0. The van der Waals surface area contributed by atoms with E-state index in [0.717, 1.165) is 30.6 Å². The first-order chi connectivity index (χ1) is 11.4. The zero-order valence-electron chi connectivity index (χ0n) is 14.3. The summed E-state index contributed by atoms with van der Waals surface area (Å²) in [6, 6.07) is -0.333. The van der Waals surface area contributed by atoms with Crippen molar-refractivity contribution < 1.29 is 22.9 Å². The average Bonchev–Trinajstić information content (AvgIpc) is 2.87. The van der Waals surface area contributed by atoms with E-state index in [1.807, 2.05) is 6.92 Å². The van der Waals surface area contributed by atoms with Crippen molar-refractivity contribution in [2.45, 2.75) is 63.5 Å². The van der Waals surface area contributed by atoms with Gasteiger partial charge in [-0.2, -0.15) is 0 Å². The van der Waals surface area contributed by atoms with Crippen LogP contribution in [0.15, 0.2) is 0 Å². The lowest BCUT2D eigenvalue weighted by Crippen LogP contribution is -3.17.